The van der Waals surface area contributed by atoms with Crippen LogP contribution < -0.4 is 0 Å². The average molecular weight is 359 g/mol. The van der Waals surface area contributed by atoms with E-state index in [-0.39, 0.29) is 0 Å². The lowest BCUT2D eigenvalue weighted by Crippen LogP contribution is -2.33. The number of benzene rings is 1. The molecule has 0 N–H and O–H groups in total. The third-order valence-corrected chi connectivity index (χ3v) is 13.2. The first kappa shape index (κ1) is 17.6. The van der Waals surface area contributed by atoms with Gasteiger partial charge in [-0.15, -0.1) is 0 Å². The zero-order chi connectivity index (χ0) is 15.9. The first-order valence-corrected chi connectivity index (χ1v) is 17.1. The van der Waals surface area contributed by atoms with Crippen molar-refractivity contribution < 1.29 is 8.43 Å². The number of hydrogen-bond donors (Lipinski definition) is 0. The molecule has 1 aliphatic carbocycles. The number of rotatable bonds is 5. The molecule has 0 heterocycles. The average Bonchev–Trinajstić information content (AvgIpc) is 2.67. The van der Waals surface area contributed by atoms with Crippen LogP contribution in [-0.4, -0.2) is 22.3 Å². The van der Waals surface area contributed by atoms with Gasteiger partial charge in [-0.3, -0.25) is 0 Å². The van der Waals surface area contributed by atoms with Gasteiger partial charge in [0.15, 0.2) is 23.1 Å². The second-order valence-corrected chi connectivity index (χ2v) is 21.0. The van der Waals surface area contributed by atoms with Crippen LogP contribution in [0.3, 0.4) is 0 Å². The highest BCUT2D eigenvalue weighted by Crippen LogP contribution is 2.60. The van der Waals surface area contributed by atoms with Crippen LogP contribution in [0.4, 0.5) is 0 Å². The zero-order valence-electron chi connectivity index (χ0n) is 14.0. The standard InChI is InChI=1S/C15H27O2PSSi2/c1-20(2,3)16-18(19,17-21(4,5)6)15-11-13-9-7-8-10-14(13)12-15/h7-10,15H,11-12H2,1-6H3. The largest absolute Gasteiger partial charge is 0.371 e. The summed E-state index contributed by atoms with van der Waals surface area (Å²) in [6.07, 6.45) is 2.03. The molecule has 21 heavy (non-hydrogen) atoms. The summed E-state index contributed by atoms with van der Waals surface area (Å²) in [6, 6.07) is 8.67. The van der Waals surface area contributed by atoms with Gasteiger partial charge < -0.3 is 8.43 Å². The minimum Gasteiger partial charge on any atom is -0.371 e. The summed E-state index contributed by atoms with van der Waals surface area (Å²) in [5, 5.41) is 0. The fraction of sp³-hybridized carbons (Fsp3) is 0.600. The third kappa shape index (κ3) is 4.85. The van der Waals surface area contributed by atoms with Gasteiger partial charge in [0.25, 0.3) is 0 Å². The van der Waals surface area contributed by atoms with Gasteiger partial charge in [0, 0.05) is 5.66 Å². The fourth-order valence-corrected chi connectivity index (χ4v) is 15.8. The summed E-state index contributed by atoms with van der Waals surface area (Å²) in [4.78, 5) is 0. The Balaban J connectivity index is 2.28. The summed E-state index contributed by atoms with van der Waals surface area (Å²) in [6.45, 7) is 11.0. The van der Waals surface area contributed by atoms with Gasteiger partial charge in [0.1, 0.15) is 0 Å². The topological polar surface area (TPSA) is 18.5 Å². The predicted octanol–water partition coefficient (Wildman–Crippen LogP) is 5.17. The molecule has 0 radical (unpaired) electrons. The van der Waals surface area contributed by atoms with Crippen LogP contribution in [0.25, 0.3) is 0 Å². The van der Waals surface area contributed by atoms with E-state index in [4.69, 9.17) is 20.2 Å². The Labute approximate surface area is 136 Å². The smallest absolute Gasteiger partial charge is 0.192 e. The molecule has 0 atom stereocenters. The fourth-order valence-electron chi connectivity index (χ4n) is 2.69. The minimum absolute atomic E-state index is 0.350. The molecule has 6 heteroatoms. The molecule has 118 valence electrons. The zero-order valence-corrected chi connectivity index (χ0v) is 17.7. The van der Waals surface area contributed by atoms with E-state index in [0.29, 0.717) is 5.66 Å². The summed E-state index contributed by atoms with van der Waals surface area (Å²) in [7, 11) is -3.44. The van der Waals surface area contributed by atoms with Crippen molar-refractivity contribution in [2.45, 2.75) is 57.8 Å². The monoisotopic (exact) mass is 358 g/mol. The predicted molar refractivity (Wildman–Crippen MR) is 101 cm³/mol. The molecule has 0 amide bonds. The summed E-state index contributed by atoms with van der Waals surface area (Å²) in [5.74, 6) is 0. The molecule has 1 aromatic rings. The highest BCUT2D eigenvalue weighted by atomic mass is 32.5. The van der Waals surface area contributed by atoms with Crippen molar-refractivity contribution in [3.05, 3.63) is 35.4 Å². The molecule has 0 saturated heterocycles. The van der Waals surface area contributed by atoms with Crippen molar-refractivity contribution in [1.29, 1.82) is 0 Å². The molecule has 2 rings (SSSR count). The van der Waals surface area contributed by atoms with Crippen LogP contribution >= 0.6 is 6.49 Å². The van der Waals surface area contributed by atoms with Crippen molar-refractivity contribution in [2.75, 3.05) is 0 Å². The third-order valence-electron chi connectivity index (χ3n) is 3.28. The Kier molecular flexibility index (Phi) is 5.04. The van der Waals surface area contributed by atoms with Gasteiger partial charge in [-0.1, -0.05) is 24.3 Å². The van der Waals surface area contributed by atoms with E-state index in [1.54, 1.807) is 0 Å². The second kappa shape index (κ2) is 6.02. The van der Waals surface area contributed by atoms with Gasteiger partial charge >= 0.3 is 0 Å². The van der Waals surface area contributed by atoms with Crippen LogP contribution in [0, 0.1) is 0 Å². The number of fused-ring (bicyclic) bond motifs is 1. The summed E-state index contributed by atoms with van der Waals surface area (Å²) >= 11 is 6.04. The Hall–Kier alpha value is 0.224. The van der Waals surface area contributed by atoms with Crippen molar-refractivity contribution in [3.8, 4) is 0 Å². The van der Waals surface area contributed by atoms with Crippen LogP contribution in [0.15, 0.2) is 24.3 Å². The van der Waals surface area contributed by atoms with Crippen molar-refractivity contribution >= 4 is 34.9 Å². The van der Waals surface area contributed by atoms with Gasteiger partial charge in [-0.25, -0.2) is 0 Å². The molecule has 1 aliphatic rings. The maximum absolute atomic E-state index is 6.49. The summed E-state index contributed by atoms with van der Waals surface area (Å²) < 4.78 is 13.0. The highest BCUT2D eigenvalue weighted by Gasteiger charge is 2.41. The van der Waals surface area contributed by atoms with E-state index < -0.39 is 23.1 Å². The lowest BCUT2D eigenvalue weighted by Gasteiger charge is -2.37. The SMILES string of the molecule is C[Si](C)(C)OP(=S)(O[Si](C)(C)C)C1Cc2ccccc2C1. The highest BCUT2D eigenvalue weighted by molar-refractivity contribution is 8.11. The normalized spacial score (nSPS) is 17.0. The van der Waals surface area contributed by atoms with Crippen molar-refractivity contribution in [1.82, 2.24) is 0 Å². The molecule has 0 bridgehead atoms. The van der Waals surface area contributed by atoms with E-state index in [1.807, 2.05) is 0 Å². The molecular formula is C15H27O2PSSi2. The van der Waals surface area contributed by atoms with Crippen molar-refractivity contribution in [2.24, 2.45) is 0 Å². The quantitative estimate of drug-likeness (QED) is 0.534. The molecule has 0 saturated carbocycles. The van der Waals surface area contributed by atoms with E-state index in [9.17, 15) is 0 Å². The van der Waals surface area contributed by atoms with Gasteiger partial charge in [0.05, 0.1) is 0 Å². The number of hydrogen-bond acceptors (Lipinski definition) is 3. The van der Waals surface area contributed by atoms with Crippen LogP contribution in [0.5, 0.6) is 0 Å². The molecule has 0 spiro atoms. The lowest BCUT2D eigenvalue weighted by atomic mass is 10.1. The van der Waals surface area contributed by atoms with Gasteiger partial charge in [0.2, 0.25) is 0 Å². The van der Waals surface area contributed by atoms with Gasteiger partial charge in [-0.2, -0.15) is 0 Å². The molecule has 2 nitrogen and oxygen atoms in total. The van der Waals surface area contributed by atoms with Crippen molar-refractivity contribution in [3.63, 3.8) is 0 Å². The van der Waals surface area contributed by atoms with E-state index in [2.05, 4.69) is 63.5 Å². The first-order valence-electron chi connectivity index (χ1n) is 7.57. The van der Waals surface area contributed by atoms with E-state index in [1.165, 1.54) is 11.1 Å². The molecule has 0 aromatic heterocycles. The minimum atomic E-state index is -2.24. The lowest BCUT2D eigenvalue weighted by molar-refractivity contribution is 0.468. The maximum atomic E-state index is 6.49. The molecule has 0 unspecified atom stereocenters. The van der Waals surface area contributed by atoms with Crippen LogP contribution in [0.2, 0.25) is 39.3 Å². The second-order valence-electron chi connectivity index (χ2n) is 7.78. The van der Waals surface area contributed by atoms with E-state index in [0.717, 1.165) is 12.8 Å². The Morgan fingerprint density at radius 2 is 1.29 bits per heavy atom. The molecule has 0 fully saturated rings. The summed E-state index contributed by atoms with van der Waals surface area (Å²) in [5.41, 5.74) is 3.20. The maximum Gasteiger partial charge on any atom is 0.192 e. The van der Waals surface area contributed by atoms with Crippen LogP contribution in [0.1, 0.15) is 11.1 Å². The van der Waals surface area contributed by atoms with Gasteiger partial charge in [-0.05, 0) is 75.1 Å². The first-order chi connectivity index (χ1) is 9.49. The van der Waals surface area contributed by atoms with Crippen LogP contribution in [-0.2, 0) is 33.1 Å². The molecule has 0 aliphatic heterocycles. The molecular weight excluding hydrogens is 331 g/mol. The Morgan fingerprint density at radius 3 is 1.62 bits per heavy atom. The molecule has 1 aromatic carbocycles. The van der Waals surface area contributed by atoms with E-state index >= 15 is 0 Å². The Morgan fingerprint density at radius 1 is 0.905 bits per heavy atom. The Bertz CT molecular complexity index is 519.